The highest BCUT2D eigenvalue weighted by Gasteiger charge is 2.13. The van der Waals surface area contributed by atoms with E-state index in [9.17, 15) is 9.59 Å². The predicted octanol–water partition coefficient (Wildman–Crippen LogP) is 3.38. The Morgan fingerprint density at radius 2 is 1.52 bits per heavy atom. The maximum Gasteiger partial charge on any atom is 0.329 e. The van der Waals surface area contributed by atoms with Crippen molar-refractivity contribution in [3.63, 3.8) is 0 Å². The van der Waals surface area contributed by atoms with E-state index in [1.165, 1.54) is 11.8 Å². The van der Waals surface area contributed by atoms with E-state index in [1.807, 2.05) is 43.3 Å². The van der Waals surface area contributed by atoms with Crippen molar-refractivity contribution in [2.45, 2.75) is 33.1 Å². The summed E-state index contributed by atoms with van der Waals surface area (Å²) in [5, 5.41) is 6.34. The largest absolute Gasteiger partial charge is 0.329 e. The van der Waals surface area contributed by atoms with Crippen LogP contribution in [0.2, 0.25) is 0 Å². The van der Waals surface area contributed by atoms with Gasteiger partial charge in [0.15, 0.2) is 0 Å². The first-order valence-corrected chi connectivity index (χ1v) is 8.07. The monoisotopic (exact) mass is 337 g/mol. The number of nitrogens with one attached hydrogen (secondary N) is 2. The zero-order valence-corrected chi connectivity index (χ0v) is 15.0. The average molecular weight is 337 g/mol. The topological polar surface area (TPSA) is 70.6 Å². The van der Waals surface area contributed by atoms with Crippen molar-refractivity contribution in [2.24, 2.45) is 5.10 Å². The zero-order valence-electron chi connectivity index (χ0n) is 15.0. The maximum absolute atomic E-state index is 11.8. The second-order valence-electron chi connectivity index (χ2n) is 6.89. The van der Waals surface area contributed by atoms with Gasteiger partial charge in [-0.2, -0.15) is 5.10 Å². The number of anilines is 1. The Morgan fingerprint density at radius 1 is 0.920 bits per heavy atom. The first-order chi connectivity index (χ1) is 11.8. The van der Waals surface area contributed by atoms with Crippen LogP contribution in [0.25, 0.3) is 0 Å². The molecule has 0 unspecified atom stereocenters. The van der Waals surface area contributed by atoms with Gasteiger partial charge in [0.05, 0.1) is 6.21 Å². The number of hydrogen-bond acceptors (Lipinski definition) is 3. The molecule has 0 atom stereocenters. The van der Waals surface area contributed by atoms with Gasteiger partial charge in [-0.25, -0.2) is 5.43 Å². The van der Waals surface area contributed by atoms with E-state index in [0.717, 1.165) is 11.1 Å². The van der Waals surface area contributed by atoms with E-state index in [-0.39, 0.29) is 5.41 Å². The molecule has 0 fully saturated rings. The lowest BCUT2D eigenvalue weighted by molar-refractivity contribution is -0.136. The standard InChI is InChI=1S/C20H23N3O2/c1-14-5-11-17(12-6-14)22-18(24)19(25)23-21-13-15-7-9-16(10-8-15)20(2,3)4/h5-13H,1-4H3,(H,22,24)(H,23,25)/b21-13-. The van der Waals surface area contributed by atoms with E-state index in [1.54, 1.807) is 12.1 Å². The minimum absolute atomic E-state index is 0.0813. The Labute approximate surface area is 148 Å². The molecular weight excluding hydrogens is 314 g/mol. The third kappa shape index (κ3) is 5.57. The molecule has 25 heavy (non-hydrogen) atoms. The molecule has 0 aliphatic carbocycles. The maximum atomic E-state index is 11.8. The van der Waals surface area contributed by atoms with Crippen molar-refractivity contribution in [1.82, 2.24) is 5.43 Å². The summed E-state index contributed by atoms with van der Waals surface area (Å²) in [4.78, 5) is 23.6. The molecule has 5 nitrogen and oxygen atoms in total. The Bertz CT molecular complexity index is 770. The highest BCUT2D eigenvalue weighted by Crippen LogP contribution is 2.21. The van der Waals surface area contributed by atoms with Crippen LogP contribution in [0.3, 0.4) is 0 Å². The molecule has 0 radical (unpaired) electrons. The quantitative estimate of drug-likeness (QED) is 0.512. The number of nitrogens with zero attached hydrogens (tertiary/aromatic N) is 1. The molecule has 0 aliphatic heterocycles. The number of carbonyl (C=O) groups is 2. The summed E-state index contributed by atoms with van der Waals surface area (Å²) in [7, 11) is 0. The van der Waals surface area contributed by atoms with E-state index >= 15 is 0 Å². The summed E-state index contributed by atoms with van der Waals surface area (Å²) in [6.45, 7) is 8.37. The van der Waals surface area contributed by atoms with Gasteiger partial charge >= 0.3 is 11.8 Å². The second-order valence-corrected chi connectivity index (χ2v) is 6.89. The highest BCUT2D eigenvalue weighted by molar-refractivity contribution is 6.39. The van der Waals surface area contributed by atoms with Gasteiger partial charge in [-0.05, 0) is 35.6 Å². The minimum atomic E-state index is -0.817. The van der Waals surface area contributed by atoms with Crippen LogP contribution in [-0.2, 0) is 15.0 Å². The Kier molecular flexibility index (Phi) is 5.70. The molecule has 0 heterocycles. The van der Waals surface area contributed by atoms with Gasteiger partial charge in [-0.3, -0.25) is 9.59 Å². The smallest absolute Gasteiger partial charge is 0.318 e. The normalized spacial score (nSPS) is 11.4. The van der Waals surface area contributed by atoms with Crippen molar-refractivity contribution >= 4 is 23.7 Å². The number of hydrogen-bond donors (Lipinski definition) is 2. The second kappa shape index (κ2) is 7.75. The zero-order chi connectivity index (χ0) is 18.4. The van der Waals surface area contributed by atoms with Crippen LogP contribution in [0.5, 0.6) is 0 Å². The van der Waals surface area contributed by atoms with Crippen molar-refractivity contribution in [1.29, 1.82) is 0 Å². The number of aryl methyl sites for hydroxylation is 1. The van der Waals surface area contributed by atoms with Gasteiger partial charge in [0.2, 0.25) is 0 Å². The van der Waals surface area contributed by atoms with E-state index in [0.29, 0.717) is 5.69 Å². The van der Waals surface area contributed by atoms with Crippen molar-refractivity contribution in [2.75, 3.05) is 5.32 Å². The molecule has 2 rings (SSSR count). The molecule has 2 aromatic carbocycles. The third-order valence-corrected chi connectivity index (χ3v) is 3.67. The van der Waals surface area contributed by atoms with E-state index in [4.69, 9.17) is 0 Å². The molecule has 0 bridgehead atoms. The summed E-state index contributed by atoms with van der Waals surface area (Å²) >= 11 is 0. The lowest BCUT2D eigenvalue weighted by atomic mass is 9.87. The molecule has 0 aliphatic rings. The SMILES string of the molecule is Cc1ccc(NC(=O)C(=O)N/N=C\c2ccc(C(C)(C)C)cc2)cc1. The van der Waals surface area contributed by atoms with Crippen molar-refractivity contribution < 1.29 is 9.59 Å². The van der Waals surface area contributed by atoms with Crippen molar-refractivity contribution in [3.8, 4) is 0 Å². The van der Waals surface area contributed by atoms with E-state index < -0.39 is 11.8 Å². The molecule has 0 aromatic heterocycles. The van der Waals surface area contributed by atoms with Gasteiger partial charge in [-0.1, -0.05) is 62.7 Å². The molecule has 2 aromatic rings. The van der Waals surface area contributed by atoms with Crippen LogP contribution < -0.4 is 10.7 Å². The minimum Gasteiger partial charge on any atom is -0.318 e. The fourth-order valence-electron chi connectivity index (χ4n) is 2.11. The van der Waals surface area contributed by atoms with Gasteiger partial charge < -0.3 is 5.32 Å². The molecule has 130 valence electrons. The number of amides is 2. The molecule has 5 heteroatoms. The Balaban J connectivity index is 1.89. The van der Waals surface area contributed by atoms with Gasteiger partial charge in [0.25, 0.3) is 0 Å². The number of carbonyl (C=O) groups excluding carboxylic acids is 2. The van der Waals surface area contributed by atoms with Crippen LogP contribution in [0, 0.1) is 6.92 Å². The lowest BCUT2D eigenvalue weighted by Gasteiger charge is -2.18. The molecule has 0 saturated heterocycles. The van der Waals surface area contributed by atoms with Gasteiger partial charge in [0, 0.05) is 5.69 Å². The molecule has 0 saturated carbocycles. The highest BCUT2D eigenvalue weighted by atomic mass is 16.2. The van der Waals surface area contributed by atoms with Gasteiger partial charge in [0.1, 0.15) is 0 Å². The number of benzene rings is 2. The van der Waals surface area contributed by atoms with Crippen LogP contribution in [0.1, 0.15) is 37.5 Å². The first kappa shape index (κ1) is 18.4. The van der Waals surface area contributed by atoms with Crippen molar-refractivity contribution in [3.05, 3.63) is 65.2 Å². The summed E-state index contributed by atoms with van der Waals surface area (Å²) in [6.07, 6.45) is 1.50. The summed E-state index contributed by atoms with van der Waals surface area (Å²) < 4.78 is 0. The lowest BCUT2D eigenvalue weighted by Crippen LogP contribution is -2.32. The summed E-state index contributed by atoms with van der Waals surface area (Å²) in [5.74, 6) is -1.58. The van der Waals surface area contributed by atoms with E-state index in [2.05, 4.69) is 36.6 Å². The summed E-state index contributed by atoms with van der Waals surface area (Å²) in [5.41, 5.74) is 6.00. The number of hydrazone groups is 1. The van der Waals surface area contributed by atoms with Crippen LogP contribution >= 0.6 is 0 Å². The van der Waals surface area contributed by atoms with Crippen LogP contribution in [-0.4, -0.2) is 18.0 Å². The Hall–Kier alpha value is -2.95. The predicted molar refractivity (Wildman–Crippen MR) is 101 cm³/mol. The average Bonchev–Trinajstić information content (AvgIpc) is 2.56. The molecule has 2 N–H and O–H groups in total. The molecule has 2 amide bonds. The molecular formula is C20H23N3O2. The molecule has 0 spiro atoms. The van der Waals surface area contributed by atoms with Crippen LogP contribution in [0.4, 0.5) is 5.69 Å². The Morgan fingerprint density at radius 3 is 2.08 bits per heavy atom. The fourth-order valence-corrected chi connectivity index (χ4v) is 2.11. The number of rotatable bonds is 3. The fraction of sp³-hybridized carbons (Fsp3) is 0.250. The van der Waals surface area contributed by atoms with Crippen LogP contribution in [0.15, 0.2) is 53.6 Å². The van der Waals surface area contributed by atoms with Gasteiger partial charge in [-0.15, -0.1) is 0 Å². The third-order valence-electron chi connectivity index (χ3n) is 3.67. The summed E-state index contributed by atoms with van der Waals surface area (Å²) in [6, 6.07) is 15.1. The first-order valence-electron chi connectivity index (χ1n) is 8.07.